The fourth-order valence-corrected chi connectivity index (χ4v) is 2.23. The summed E-state index contributed by atoms with van der Waals surface area (Å²) in [6.45, 7) is 4.19. The Kier molecular flexibility index (Phi) is 5.43. The molecule has 1 aromatic rings. The lowest BCUT2D eigenvalue weighted by molar-refractivity contribution is -0.140. The van der Waals surface area contributed by atoms with Gasteiger partial charge in [0.2, 0.25) is 0 Å². The fraction of sp³-hybridized carbons (Fsp3) is 0.417. The van der Waals surface area contributed by atoms with Gasteiger partial charge in [0, 0.05) is 16.0 Å². The van der Waals surface area contributed by atoms with E-state index in [1.54, 1.807) is 6.07 Å². The van der Waals surface area contributed by atoms with Crippen LogP contribution in [0.4, 0.5) is 0 Å². The normalized spacial score (nSPS) is 12.8. The van der Waals surface area contributed by atoms with Gasteiger partial charge in [0.25, 0.3) is 0 Å². The van der Waals surface area contributed by atoms with E-state index in [1.165, 1.54) is 0 Å². The first-order valence-corrected chi connectivity index (χ1v) is 6.49. The molecule has 5 heteroatoms. The maximum absolute atomic E-state index is 11.0. The van der Waals surface area contributed by atoms with Crippen molar-refractivity contribution in [1.29, 1.82) is 0 Å². The summed E-state index contributed by atoms with van der Waals surface area (Å²) in [5.74, 6) is -0.810. The number of nitrogens with one attached hydrogen (secondary N) is 1. The van der Waals surface area contributed by atoms with Crippen molar-refractivity contribution in [3.8, 4) is 0 Å². The Morgan fingerprint density at radius 3 is 2.65 bits per heavy atom. The minimum absolute atomic E-state index is 0.0294. The number of hydrogen-bond donors (Lipinski definition) is 2. The minimum Gasteiger partial charge on any atom is -0.480 e. The summed E-state index contributed by atoms with van der Waals surface area (Å²) in [7, 11) is 0. The monoisotopic (exact) mass is 319 g/mol. The van der Waals surface area contributed by atoms with Gasteiger partial charge < -0.3 is 10.4 Å². The van der Waals surface area contributed by atoms with E-state index >= 15 is 0 Å². The van der Waals surface area contributed by atoms with Gasteiger partial charge in [0.05, 0.1) is 0 Å². The molecular weight excluding hydrogens is 305 g/mol. The van der Waals surface area contributed by atoms with E-state index in [1.807, 2.05) is 26.0 Å². The van der Waals surface area contributed by atoms with Crippen LogP contribution in [0.25, 0.3) is 0 Å². The van der Waals surface area contributed by atoms with Crippen LogP contribution in [0.5, 0.6) is 0 Å². The lowest BCUT2D eigenvalue weighted by atomic mass is 10.0. The molecule has 0 aromatic heterocycles. The summed E-state index contributed by atoms with van der Waals surface area (Å²) in [5, 5.41) is 12.7. The molecule has 2 N–H and O–H groups in total. The molecule has 1 aromatic carbocycles. The van der Waals surface area contributed by atoms with Crippen LogP contribution in [-0.2, 0) is 11.3 Å². The molecule has 3 nitrogen and oxygen atoms in total. The molecule has 17 heavy (non-hydrogen) atoms. The Morgan fingerprint density at radius 1 is 1.53 bits per heavy atom. The summed E-state index contributed by atoms with van der Waals surface area (Å²) in [5.41, 5.74) is 0.891. The van der Waals surface area contributed by atoms with Crippen LogP contribution in [0.3, 0.4) is 0 Å². The minimum atomic E-state index is -0.840. The number of hydrogen-bond acceptors (Lipinski definition) is 2. The third kappa shape index (κ3) is 4.30. The molecule has 0 bridgehead atoms. The van der Waals surface area contributed by atoms with E-state index in [2.05, 4.69) is 21.2 Å². The van der Waals surface area contributed by atoms with Crippen LogP contribution in [0.2, 0.25) is 5.02 Å². The Morgan fingerprint density at radius 2 is 2.18 bits per heavy atom. The van der Waals surface area contributed by atoms with Crippen LogP contribution >= 0.6 is 27.5 Å². The quantitative estimate of drug-likeness (QED) is 0.875. The standard InChI is InChI=1S/C12H15BrClNO2/c1-7(2)11(12(16)17)15-6-8-3-4-9(13)5-10(8)14/h3-5,7,11,15H,6H2,1-2H3,(H,16,17)/t11-/m1/s1. The third-order valence-electron chi connectivity index (χ3n) is 2.46. The smallest absolute Gasteiger partial charge is 0.320 e. The topological polar surface area (TPSA) is 49.3 Å². The van der Waals surface area contributed by atoms with Crippen molar-refractivity contribution in [2.24, 2.45) is 5.92 Å². The molecule has 0 heterocycles. The van der Waals surface area contributed by atoms with Crippen molar-refractivity contribution in [2.75, 3.05) is 0 Å². The number of aliphatic carboxylic acids is 1. The molecule has 1 rings (SSSR count). The first-order valence-electron chi connectivity index (χ1n) is 5.32. The van der Waals surface area contributed by atoms with Gasteiger partial charge in [-0.15, -0.1) is 0 Å². The number of benzene rings is 1. The summed E-state index contributed by atoms with van der Waals surface area (Å²) in [6.07, 6.45) is 0. The van der Waals surface area contributed by atoms with Gasteiger partial charge in [-0.2, -0.15) is 0 Å². The molecule has 0 saturated heterocycles. The number of carboxylic acids is 1. The Balaban J connectivity index is 2.69. The predicted molar refractivity (Wildman–Crippen MR) is 72.3 cm³/mol. The van der Waals surface area contributed by atoms with Crippen molar-refractivity contribution in [3.63, 3.8) is 0 Å². The first kappa shape index (κ1) is 14.5. The number of carbonyl (C=O) groups is 1. The molecule has 0 fully saturated rings. The van der Waals surface area contributed by atoms with Crippen LogP contribution in [0.1, 0.15) is 19.4 Å². The molecule has 0 amide bonds. The average molecular weight is 321 g/mol. The Bertz CT molecular complexity index is 409. The molecule has 0 spiro atoms. The van der Waals surface area contributed by atoms with Gasteiger partial charge in [-0.3, -0.25) is 4.79 Å². The molecule has 0 aliphatic rings. The van der Waals surface area contributed by atoms with Gasteiger partial charge in [-0.05, 0) is 23.6 Å². The Labute approximate surface area is 114 Å². The summed E-state index contributed by atoms with van der Waals surface area (Å²) >= 11 is 9.38. The SMILES string of the molecule is CC(C)[C@@H](NCc1ccc(Br)cc1Cl)C(=O)O. The molecule has 0 aliphatic carbocycles. The first-order chi connectivity index (χ1) is 7.91. The molecule has 94 valence electrons. The van der Waals surface area contributed by atoms with Crippen LogP contribution < -0.4 is 5.32 Å². The van der Waals surface area contributed by atoms with Crippen LogP contribution in [0, 0.1) is 5.92 Å². The van der Waals surface area contributed by atoms with E-state index < -0.39 is 12.0 Å². The second kappa shape index (κ2) is 6.38. The molecule has 0 aliphatic heterocycles. The maximum atomic E-state index is 11.0. The summed E-state index contributed by atoms with van der Waals surface area (Å²) < 4.78 is 0.907. The molecule has 0 saturated carbocycles. The van der Waals surface area contributed by atoms with Crippen molar-refractivity contribution >= 4 is 33.5 Å². The van der Waals surface area contributed by atoms with E-state index in [4.69, 9.17) is 16.7 Å². The number of halogens is 2. The largest absolute Gasteiger partial charge is 0.480 e. The maximum Gasteiger partial charge on any atom is 0.320 e. The third-order valence-corrected chi connectivity index (χ3v) is 3.31. The summed E-state index contributed by atoms with van der Waals surface area (Å²) in [4.78, 5) is 11.0. The van der Waals surface area contributed by atoms with E-state index in [9.17, 15) is 4.79 Å². The highest BCUT2D eigenvalue weighted by Gasteiger charge is 2.20. The van der Waals surface area contributed by atoms with Crippen LogP contribution in [0.15, 0.2) is 22.7 Å². The van der Waals surface area contributed by atoms with E-state index in [0.717, 1.165) is 10.0 Å². The number of carboxylic acid groups (broad SMARTS) is 1. The van der Waals surface area contributed by atoms with Gasteiger partial charge >= 0.3 is 5.97 Å². The highest BCUT2D eigenvalue weighted by molar-refractivity contribution is 9.10. The van der Waals surface area contributed by atoms with Crippen molar-refractivity contribution < 1.29 is 9.90 Å². The molecule has 0 unspecified atom stereocenters. The van der Waals surface area contributed by atoms with E-state index in [0.29, 0.717) is 11.6 Å². The van der Waals surface area contributed by atoms with E-state index in [-0.39, 0.29) is 5.92 Å². The zero-order valence-electron chi connectivity index (χ0n) is 9.71. The lowest BCUT2D eigenvalue weighted by Gasteiger charge is -2.18. The molecule has 0 radical (unpaired) electrons. The second-order valence-corrected chi connectivity index (χ2v) is 5.50. The average Bonchev–Trinajstić information content (AvgIpc) is 2.20. The zero-order valence-corrected chi connectivity index (χ0v) is 12.0. The second-order valence-electron chi connectivity index (χ2n) is 4.18. The lowest BCUT2D eigenvalue weighted by Crippen LogP contribution is -2.40. The van der Waals surface area contributed by atoms with Crippen molar-refractivity contribution in [1.82, 2.24) is 5.32 Å². The number of rotatable bonds is 5. The van der Waals surface area contributed by atoms with Crippen molar-refractivity contribution in [3.05, 3.63) is 33.3 Å². The highest BCUT2D eigenvalue weighted by atomic mass is 79.9. The zero-order chi connectivity index (χ0) is 13.0. The fourth-order valence-electron chi connectivity index (χ4n) is 1.49. The van der Waals surface area contributed by atoms with Crippen molar-refractivity contribution in [2.45, 2.75) is 26.4 Å². The summed E-state index contributed by atoms with van der Waals surface area (Å²) in [6, 6.07) is 4.99. The molecule has 1 atom stereocenters. The van der Waals surface area contributed by atoms with Gasteiger partial charge in [0.15, 0.2) is 0 Å². The van der Waals surface area contributed by atoms with Crippen LogP contribution in [-0.4, -0.2) is 17.1 Å². The highest BCUT2D eigenvalue weighted by Crippen LogP contribution is 2.21. The molecular formula is C12H15BrClNO2. The predicted octanol–water partition coefficient (Wildman–Crippen LogP) is 3.30. The van der Waals surface area contributed by atoms with Gasteiger partial charge in [0.1, 0.15) is 6.04 Å². The Hall–Kier alpha value is -0.580. The van der Waals surface area contributed by atoms with Gasteiger partial charge in [-0.25, -0.2) is 0 Å². The van der Waals surface area contributed by atoms with Gasteiger partial charge in [-0.1, -0.05) is 47.4 Å².